The fourth-order valence-corrected chi connectivity index (χ4v) is 4.18. The summed E-state index contributed by atoms with van der Waals surface area (Å²) in [5.74, 6) is -0.498. The number of aryl methyl sites for hydroxylation is 1. The largest absolute Gasteiger partial charge is 0.427 e. The molecule has 5 rings (SSSR count). The molecule has 0 saturated carbocycles. The molecule has 0 bridgehead atoms. The van der Waals surface area contributed by atoms with Crippen LogP contribution in [0.15, 0.2) is 51.9 Å². The minimum atomic E-state index is -0.531. The van der Waals surface area contributed by atoms with Crippen molar-refractivity contribution in [1.29, 1.82) is 5.26 Å². The van der Waals surface area contributed by atoms with Crippen LogP contribution >= 0.6 is 0 Å². The number of benzene rings is 1. The molecule has 1 aliphatic heterocycles. The Bertz CT molecular complexity index is 1430. The lowest BCUT2D eigenvalue weighted by molar-refractivity contribution is 0.105. The van der Waals surface area contributed by atoms with E-state index in [2.05, 4.69) is 16.8 Å². The van der Waals surface area contributed by atoms with Crippen molar-refractivity contribution in [1.82, 2.24) is 9.38 Å². The second-order valence-electron chi connectivity index (χ2n) is 8.41. The highest BCUT2D eigenvalue weighted by atomic mass is 19.1. The zero-order valence-corrected chi connectivity index (χ0v) is 17.1. The van der Waals surface area contributed by atoms with E-state index in [0.717, 1.165) is 24.2 Å². The van der Waals surface area contributed by atoms with Gasteiger partial charge in [0.1, 0.15) is 12.2 Å². The molecular formula is C23H19FN4O3. The van der Waals surface area contributed by atoms with Crippen LogP contribution in [0.4, 0.5) is 10.1 Å². The first-order chi connectivity index (χ1) is 14.8. The van der Waals surface area contributed by atoms with Crippen LogP contribution in [0.25, 0.3) is 27.7 Å². The van der Waals surface area contributed by atoms with Crippen LogP contribution in [0.3, 0.4) is 0 Å². The maximum Gasteiger partial charge on any atom is 0.344 e. The average Bonchev–Trinajstić information content (AvgIpc) is 3.10. The smallest absolute Gasteiger partial charge is 0.344 e. The fraction of sp³-hybridized carbons (Fsp3) is 0.261. The van der Waals surface area contributed by atoms with E-state index in [4.69, 9.17) is 14.4 Å². The molecule has 0 N–H and O–H groups in total. The maximum absolute atomic E-state index is 14.5. The first-order valence-corrected chi connectivity index (χ1v) is 9.84. The van der Waals surface area contributed by atoms with E-state index in [1.807, 2.05) is 18.2 Å². The zero-order valence-electron chi connectivity index (χ0n) is 17.1. The van der Waals surface area contributed by atoms with Gasteiger partial charge in [-0.15, -0.1) is 0 Å². The maximum atomic E-state index is 14.5. The van der Waals surface area contributed by atoms with E-state index < -0.39 is 11.4 Å². The lowest BCUT2D eigenvalue weighted by atomic mass is 9.82. The topological polar surface area (TPSA) is 83.8 Å². The number of ether oxygens (including phenoxy) is 1. The van der Waals surface area contributed by atoms with Crippen molar-refractivity contribution in [2.75, 3.05) is 24.6 Å². The van der Waals surface area contributed by atoms with Crippen LogP contribution in [0.2, 0.25) is 0 Å². The molecule has 31 heavy (non-hydrogen) atoms. The van der Waals surface area contributed by atoms with Crippen LogP contribution in [0.5, 0.6) is 0 Å². The molecule has 0 spiro atoms. The highest BCUT2D eigenvalue weighted by Gasteiger charge is 2.39. The predicted octanol–water partition coefficient (Wildman–Crippen LogP) is 3.88. The fourth-order valence-electron chi connectivity index (χ4n) is 4.18. The van der Waals surface area contributed by atoms with Gasteiger partial charge in [-0.25, -0.2) is 14.2 Å². The van der Waals surface area contributed by atoms with Crippen LogP contribution in [-0.4, -0.2) is 29.1 Å². The Kier molecular flexibility index (Phi) is 4.22. The summed E-state index contributed by atoms with van der Waals surface area (Å²) in [5, 5.41) is 9.34. The first-order valence-electron chi connectivity index (χ1n) is 9.84. The van der Waals surface area contributed by atoms with Crippen LogP contribution < -0.4 is 10.5 Å². The molecule has 156 valence electrons. The summed E-state index contributed by atoms with van der Waals surface area (Å²) in [6.45, 7) is 5.71. The van der Waals surface area contributed by atoms with E-state index in [9.17, 15) is 9.18 Å². The molecule has 1 aromatic carbocycles. The van der Waals surface area contributed by atoms with E-state index in [1.165, 1.54) is 6.07 Å². The Balaban J connectivity index is 1.48. The summed E-state index contributed by atoms with van der Waals surface area (Å²) in [6.07, 6.45) is 5.10. The number of aromatic nitrogens is 2. The van der Waals surface area contributed by atoms with Crippen LogP contribution in [0.1, 0.15) is 12.6 Å². The zero-order chi connectivity index (χ0) is 21.8. The SMILES string of the molecule is Cc1cn2cc(-c3cc4ccc(N5CC(C)(COC#N)C5)cc4oc3=O)cc(F)c2n1. The molecule has 8 heteroatoms. The molecular weight excluding hydrogens is 399 g/mol. The standard InChI is InChI=1S/C23H19FN4O3/c1-14-8-27-9-16(6-19(24)21(27)26-14)18-5-15-3-4-17(7-20(15)31-22(18)29)28-10-23(2,11-28)12-30-13-25/h3-9H,10-12H2,1-2H3. The van der Waals surface area contributed by atoms with Gasteiger partial charge in [-0.1, -0.05) is 6.92 Å². The summed E-state index contributed by atoms with van der Waals surface area (Å²) in [6, 6.07) is 8.69. The number of rotatable bonds is 4. The Morgan fingerprint density at radius 1 is 1.29 bits per heavy atom. The number of imidazole rings is 1. The van der Waals surface area contributed by atoms with Crippen LogP contribution in [-0.2, 0) is 4.74 Å². The van der Waals surface area contributed by atoms with Gasteiger partial charge < -0.3 is 18.5 Å². The Morgan fingerprint density at radius 3 is 2.87 bits per heavy atom. The molecule has 0 atom stereocenters. The van der Waals surface area contributed by atoms with Crippen molar-refractivity contribution in [2.45, 2.75) is 13.8 Å². The molecule has 0 aliphatic carbocycles. The molecule has 3 aromatic heterocycles. The lowest BCUT2D eigenvalue weighted by Gasteiger charge is -2.48. The summed E-state index contributed by atoms with van der Waals surface area (Å²) >= 11 is 0. The van der Waals surface area contributed by atoms with Crippen molar-refractivity contribution in [2.24, 2.45) is 5.41 Å². The number of pyridine rings is 1. The van der Waals surface area contributed by atoms with Crippen molar-refractivity contribution < 1.29 is 13.5 Å². The van der Waals surface area contributed by atoms with E-state index in [0.29, 0.717) is 23.4 Å². The summed E-state index contributed by atoms with van der Waals surface area (Å²) < 4.78 is 26.5. The van der Waals surface area contributed by atoms with Crippen molar-refractivity contribution in [3.8, 4) is 17.4 Å². The van der Waals surface area contributed by atoms with E-state index in [1.54, 1.807) is 36.0 Å². The van der Waals surface area contributed by atoms with Gasteiger partial charge in [0.05, 0.1) is 11.3 Å². The summed E-state index contributed by atoms with van der Waals surface area (Å²) in [4.78, 5) is 19.0. The summed E-state index contributed by atoms with van der Waals surface area (Å²) in [7, 11) is 0. The lowest BCUT2D eigenvalue weighted by Crippen LogP contribution is -2.57. The number of anilines is 1. The highest BCUT2D eigenvalue weighted by molar-refractivity contribution is 5.84. The molecule has 1 saturated heterocycles. The number of nitriles is 1. The van der Waals surface area contributed by atoms with Gasteiger partial charge in [0.2, 0.25) is 0 Å². The van der Waals surface area contributed by atoms with Crippen LogP contribution in [0, 0.1) is 29.7 Å². The molecule has 0 amide bonds. The summed E-state index contributed by atoms with van der Waals surface area (Å²) in [5.41, 5.74) is 2.41. The van der Waals surface area contributed by atoms with E-state index in [-0.39, 0.29) is 16.6 Å². The van der Waals surface area contributed by atoms with Crippen molar-refractivity contribution >= 4 is 22.3 Å². The molecule has 7 nitrogen and oxygen atoms in total. The van der Waals surface area contributed by atoms with Crippen molar-refractivity contribution in [3.63, 3.8) is 0 Å². The Labute approximate surface area is 176 Å². The third kappa shape index (κ3) is 3.28. The number of hydrogen-bond donors (Lipinski definition) is 0. The van der Waals surface area contributed by atoms with Crippen molar-refractivity contribution in [3.05, 3.63) is 64.7 Å². The Morgan fingerprint density at radius 2 is 2.10 bits per heavy atom. The quantitative estimate of drug-likeness (QED) is 0.369. The molecule has 0 radical (unpaired) electrons. The van der Waals surface area contributed by atoms with Gasteiger partial charge >= 0.3 is 5.63 Å². The monoisotopic (exact) mass is 418 g/mol. The number of halogens is 1. The highest BCUT2D eigenvalue weighted by Crippen LogP contribution is 2.36. The molecule has 4 heterocycles. The van der Waals surface area contributed by atoms with Gasteiger partial charge in [-0.05, 0) is 31.2 Å². The van der Waals surface area contributed by atoms with Gasteiger partial charge in [0, 0.05) is 53.6 Å². The van der Waals surface area contributed by atoms with Gasteiger partial charge in [0.25, 0.3) is 6.26 Å². The molecule has 1 fully saturated rings. The minimum absolute atomic E-state index is 0.0796. The number of hydrogen-bond acceptors (Lipinski definition) is 6. The normalized spacial score (nSPS) is 15.1. The molecule has 0 unspecified atom stereocenters. The van der Waals surface area contributed by atoms with Gasteiger partial charge in [-0.2, -0.15) is 5.26 Å². The first kappa shape index (κ1) is 19.1. The molecule has 4 aromatic rings. The second kappa shape index (κ2) is 6.84. The third-order valence-electron chi connectivity index (χ3n) is 5.65. The average molecular weight is 418 g/mol. The second-order valence-corrected chi connectivity index (χ2v) is 8.41. The number of fused-ring (bicyclic) bond motifs is 2. The number of nitrogens with zero attached hydrogens (tertiary/aromatic N) is 4. The minimum Gasteiger partial charge on any atom is -0.427 e. The van der Waals surface area contributed by atoms with Gasteiger partial charge in [0.15, 0.2) is 11.5 Å². The van der Waals surface area contributed by atoms with Gasteiger partial charge in [-0.3, -0.25) is 0 Å². The van der Waals surface area contributed by atoms with E-state index >= 15 is 0 Å². The predicted molar refractivity (Wildman–Crippen MR) is 113 cm³/mol. The Hall–Kier alpha value is -3.86. The third-order valence-corrected chi connectivity index (χ3v) is 5.65. The molecule has 1 aliphatic rings.